The lowest BCUT2D eigenvalue weighted by atomic mass is 10.1. The molecular weight excluding hydrogens is 272 g/mol. The number of rotatable bonds is 8. The Labute approximate surface area is 116 Å². The summed E-state index contributed by atoms with van der Waals surface area (Å²) in [5.41, 5.74) is 0. The van der Waals surface area contributed by atoms with E-state index in [0.29, 0.717) is 12.8 Å². The van der Waals surface area contributed by atoms with Gasteiger partial charge in [0.1, 0.15) is 12.2 Å². The molecule has 0 saturated heterocycles. The van der Waals surface area contributed by atoms with Gasteiger partial charge in [0, 0.05) is 0 Å². The summed E-state index contributed by atoms with van der Waals surface area (Å²) in [5, 5.41) is 37.8. The second-order valence-electron chi connectivity index (χ2n) is 4.48. The highest BCUT2D eigenvalue weighted by Crippen LogP contribution is 2.21. The SMILES string of the molecule is CCCCC(O)C(O)(OC(=O)C(C)O)OC(=O)C(C)O. The van der Waals surface area contributed by atoms with Gasteiger partial charge in [-0.3, -0.25) is 0 Å². The van der Waals surface area contributed by atoms with E-state index in [0.717, 1.165) is 13.8 Å². The molecule has 0 saturated carbocycles. The normalized spacial score (nSPS) is 18.6. The van der Waals surface area contributed by atoms with Crippen molar-refractivity contribution in [1.29, 1.82) is 0 Å². The van der Waals surface area contributed by atoms with Gasteiger partial charge < -0.3 is 29.9 Å². The van der Waals surface area contributed by atoms with E-state index in [1.165, 1.54) is 0 Å². The fraction of sp³-hybridized carbons (Fsp3) is 0.833. The van der Waals surface area contributed by atoms with Crippen LogP contribution >= 0.6 is 0 Å². The minimum absolute atomic E-state index is 0.00677. The number of esters is 2. The molecule has 0 bridgehead atoms. The van der Waals surface area contributed by atoms with Gasteiger partial charge in [-0.1, -0.05) is 19.8 Å². The first-order chi connectivity index (χ1) is 9.14. The summed E-state index contributed by atoms with van der Waals surface area (Å²) >= 11 is 0. The third-order valence-corrected chi connectivity index (χ3v) is 2.43. The van der Waals surface area contributed by atoms with Crippen molar-refractivity contribution in [3.8, 4) is 0 Å². The van der Waals surface area contributed by atoms with Crippen molar-refractivity contribution in [2.75, 3.05) is 0 Å². The summed E-state index contributed by atoms with van der Waals surface area (Å²) in [7, 11) is 0. The van der Waals surface area contributed by atoms with Gasteiger partial charge in [-0.25, -0.2) is 9.59 Å². The average Bonchev–Trinajstić information content (AvgIpc) is 2.35. The molecule has 0 aliphatic carbocycles. The van der Waals surface area contributed by atoms with E-state index in [1.807, 2.05) is 6.92 Å². The molecule has 0 aliphatic rings. The van der Waals surface area contributed by atoms with E-state index < -0.39 is 36.2 Å². The molecule has 20 heavy (non-hydrogen) atoms. The maximum atomic E-state index is 11.3. The van der Waals surface area contributed by atoms with Crippen LogP contribution in [-0.4, -0.2) is 56.6 Å². The van der Waals surface area contributed by atoms with Crippen molar-refractivity contribution in [3.05, 3.63) is 0 Å². The van der Waals surface area contributed by atoms with Crippen molar-refractivity contribution < 1.29 is 39.5 Å². The Balaban J connectivity index is 5.00. The maximum Gasteiger partial charge on any atom is 0.401 e. The summed E-state index contributed by atoms with van der Waals surface area (Å²) in [6.45, 7) is 3.99. The first kappa shape index (κ1) is 18.8. The Morgan fingerprint density at radius 1 is 1.05 bits per heavy atom. The highest BCUT2D eigenvalue weighted by atomic mass is 16.9. The second-order valence-corrected chi connectivity index (χ2v) is 4.48. The van der Waals surface area contributed by atoms with Gasteiger partial charge in [0.25, 0.3) is 0 Å². The van der Waals surface area contributed by atoms with Crippen LogP contribution in [0.2, 0.25) is 0 Å². The van der Waals surface area contributed by atoms with E-state index in [2.05, 4.69) is 9.47 Å². The molecule has 0 radical (unpaired) electrons. The van der Waals surface area contributed by atoms with Crippen LogP contribution in [0, 0.1) is 0 Å². The highest BCUT2D eigenvalue weighted by Gasteiger charge is 2.45. The van der Waals surface area contributed by atoms with Crippen molar-refractivity contribution in [2.45, 2.75) is 64.3 Å². The third-order valence-electron chi connectivity index (χ3n) is 2.43. The van der Waals surface area contributed by atoms with Crippen LogP contribution in [0.1, 0.15) is 40.0 Å². The average molecular weight is 294 g/mol. The van der Waals surface area contributed by atoms with E-state index in [9.17, 15) is 19.8 Å². The summed E-state index contributed by atoms with van der Waals surface area (Å²) in [4.78, 5) is 22.6. The fourth-order valence-electron chi connectivity index (χ4n) is 1.20. The largest absolute Gasteiger partial charge is 0.401 e. The zero-order valence-electron chi connectivity index (χ0n) is 11.8. The third kappa shape index (κ3) is 5.83. The molecule has 118 valence electrons. The molecule has 0 aromatic rings. The van der Waals surface area contributed by atoms with Crippen molar-refractivity contribution in [2.24, 2.45) is 0 Å². The Bertz CT molecular complexity index is 303. The number of carbonyl (C=O) groups excluding carboxylic acids is 2. The zero-order valence-corrected chi connectivity index (χ0v) is 11.8. The first-order valence-electron chi connectivity index (χ1n) is 6.36. The van der Waals surface area contributed by atoms with Gasteiger partial charge in [0.15, 0.2) is 6.10 Å². The number of unbranched alkanes of at least 4 members (excludes halogenated alkanes) is 1. The number of hydrogen-bond acceptors (Lipinski definition) is 8. The zero-order chi connectivity index (χ0) is 15.9. The highest BCUT2D eigenvalue weighted by molar-refractivity contribution is 5.76. The molecular formula is C12H22O8. The first-order valence-corrected chi connectivity index (χ1v) is 6.36. The molecule has 3 atom stereocenters. The van der Waals surface area contributed by atoms with Crippen LogP contribution < -0.4 is 0 Å². The van der Waals surface area contributed by atoms with Crippen molar-refractivity contribution >= 4 is 11.9 Å². The van der Waals surface area contributed by atoms with Gasteiger partial charge >= 0.3 is 17.9 Å². The topological polar surface area (TPSA) is 134 Å². The maximum absolute atomic E-state index is 11.3. The summed E-state index contributed by atoms with van der Waals surface area (Å²) in [5.74, 6) is -5.50. The van der Waals surface area contributed by atoms with Crippen LogP contribution in [0.4, 0.5) is 0 Å². The lowest BCUT2D eigenvalue weighted by Crippen LogP contribution is -2.52. The Morgan fingerprint density at radius 3 is 1.75 bits per heavy atom. The molecule has 4 N–H and O–H groups in total. The Kier molecular flexibility index (Phi) is 7.66. The van der Waals surface area contributed by atoms with Gasteiger partial charge in [-0.05, 0) is 20.3 Å². The summed E-state index contributed by atoms with van der Waals surface area (Å²) < 4.78 is 8.88. The van der Waals surface area contributed by atoms with Gasteiger partial charge in [-0.15, -0.1) is 0 Å². The van der Waals surface area contributed by atoms with E-state index >= 15 is 0 Å². The van der Waals surface area contributed by atoms with Crippen molar-refractivity contribution in [1.82, 2.24) is 0 Å². The molecule has 8 nitrogen and oxygen atoms in total. The van der Waals surface area contributed by atoms with E-state index in [-0.39, 0.29) is 6.42 Å². The number of hydrogen-bond donors (Lipinski definition) is 4. The van der Waals surface area contributed by atoms with E-state index in [1.54, 1.807) is 0 Å². The molecule has 0 aromatic heterocycles. The van der Waals surface area contributed by atoms with Crippen LogP contribution in [0.5, 0.6) is 0 Å². The molecule has 0 rings (SSSR count). The van der Waals surface area contributed by atoms with Gasteiger partial charge in [0.05, 0.1) is 0 Å². The van der Waals surface area contributed by atoms with Crippen LogP contribution in [0.25, 0.3) is 0 Å². The van der Waals surface area contributed by atoms with E-state index in [4.69, 9.17) is 10.2 Å². The molecule has 0 spiro atoms. The predicted molar refractivity (Wildman–Crippen MR) is 66.0 cm³/mol. The van der Waals surface area contributed by atoms with Crippen LogP contribution in [-0.2, 0) is 19.1 Å². The number of aliphatic hydroxyl groups excluding tert-OH is 3. The number of ether oxygens (including phenoxy) is 2. The fourth-order valence-corrected chi connectivity index (χ4v) is 1.20. The molecule has 3 unspecified atom stereocenters. The number of carbonyl (C=O) groups is 2. The molecule has 0 heterocycles. The van der Waals surface area contributed by atoms with Crippen molar-refractivity contribution in [3.63, 3.8) is 0 Å². The minimum atomic E-state index is -2.95. The second kappa shape index (κ2) is 8.15. The van der Waals surface area contributed by atoms with Crippen LogP contribution in [0.15, 0.2) is 0 Å². The molecule has 0 aromatic carbocycles. The predicted octanol–water partition coefficient (Wildman–Crippen LogP) is -0.968. The molecule has 0 aliphatic heterocycles. The number of aliphatic hydroxyl groups is 4. The minimum Gasteiger partial charge on any atom is -0.394 e. The molecule has 0 amide bonds. The Morgan fingerprint density at radius 2 is 1.45 bits per heavy atom. The lowest BCUT2D eigenvalue weighted by Gasteiger charge is -2.31. The monoisotopic (exact) mass is 294 g/mol. The molecule has 0 fully saturated rings. The lowest BCUT2D eigenvalue weighted by molar-refractivity contribution is -0.365. The van der Waals surface area contributed by atoms with Gasteiger partial charge in [0.2, 0.25) is 0 Å². The standard InChI is InChI=1S/C12H22O8/c1-4-5-6-9(15)12(18,19-10(16)7(2)13)20-11(17)8(3)14/h7-9,13-15,18H,4-6H2,1-3H3. The van der Waals surface area contributed by atoms with Gasteiger partial charge in [-0.2, -0.15) is 0 Å². The Hall–Kier alpha value is -1.22. The van der Waals surface area contributed by atoms with Crippen LogP contribution in [0.3, 0.4) is 0 Å². The molecule has 8 heteroatoms. The smallest absolute Gasteiger partial charge is 0.394 e. The summed E-state index contributed by atoms with van der Waals surface area (Å²) in [6.07, 6.45) is -3.71. The summed E-state index contributed by atoms with van der Waals surface area (Å²) in [6, 6.07) is 0. The quantitative estimate of drug-likeness (QED) is 0.332.